The molecule has 2 rings (SSSR count). The van der Waals surface area contributed by atoms with Gasteiger partial charge in [0.05, 0.1) is 0 Å². The second kappa shape index (κ2) is 6.41. The number of phenols is 1. The van der Waals surface area contributed by atoms with Gasteiger partial charge in [-0.1, -0.05) is 0 Å². The third-order valence-corrected chi connectivity index (χ3v) is 3.84. The van der Waals surface area contributed by atoms with E-state index in [0.717, 1.165) is 5.56 Å². The van der Waals surface area contributed by atoms with Gasteiger partial charge in [0.25, 0.3) is 0 Å². The van der Waals surface area contributed by atoms with Gasteiger partial charge >= 0.3 is 6.03 Å². The highest BCUT2D eigenvalue weighted by atomic mass is 32.2. The van der Waals surface area contributed by atoms with E-state index in [2.05, 4.69) is 10.6 Å². The van der Waals surface area contributed by atoms with Crippen LogP contribution in [0.3, 0.4) is 0 Å². The van der Waals surface area contributed by atoms with Crippen LogP contribution in [-0.2, 0) is 10.8 Å². The molecule has 2 aromatic rings. The van der Waals surface area contributed by atoms with E-state index in [9.17, 15) is 14.1 Å². The number of carbonyl (C=O) groups excluding carboxylic acids is 1. The lowest BCUT2D eigenvalue weighted by molar-refractivity contribution is 0.262. The molecule has 5 nitrogen and oxygen atoms in total. The van der Waals surface area contributed by atoms with E-state index in [0.29, 0.717) is 16.3 Å². The van der Waals surface area contributed by atoms with Crippen LogP contribution in [0, 0.1) is 6.92 Å². The maximum atomic E-state index is 11.9. The maximum absolute atomic E-state index is 11.9. The molecule has 1 atom stereocenters. The van der Waals surface area contributed by atoms with Gasteiger partial charge in [-0.2, -0.15) is 0 Å². The molecule has 0 aliphatic carbocycles. The first-order valence-electron chi connectivity index (χ1n) is 6.27. The van der Waals surface area contributed by atoms with E-state index < -0.39 is 10.8 Å². The van der Waals surface area contributed by atoms with Crippen molar-refractivity contribution in [3.8, 4) is 5.75 Å². The Morgan fingerprint density at radius 1 is 1.10 bits per heavy atom. The smallest absolute Gasteiger partial charge is 0.323 e. The summed E-state index contributed by atoms with van der Waals surface area (Å²) in [6, 6.07) is 11.1. The fourth-order valence-corrected chi connectivity index (χ4v) is 2.32. The van der Waals surface area contributed by atoms with E-state index >= 15 is 0 Å². The summed E-state index contributed by atoms with van der Waals surface area (Å²) in [6.45, 7) is 1.79. The molecule has 0 aliphatic heterocycles. The highest BCUT2D eigenvalue weighted by Crippen LogP contribution is 2.20. The number of aryl methyl sites for hydroxylation is 1. The summed E-state index contributed by atoms with van der Waals surface area (Å²) in [4.78, 5) is 12.6. The third-order valence-electron chi connectivity index (χ3n) is 2.90. The number of hydrogen-bond acceptors (Lipinski definition) is 3. The predicted octanol–water partition coefficient (Wildman–Crippen LogP) is 3.08. The fraction of sp³-hybridized carbons (Fsp3) is 0.133. The van der Waals surface area contributed by atoms with Gasteiger partial charge in [-0.3, -0.25) is 4.21 Å². The molecule has 21 heavy (non-hydrogen) atoms. The molecule has 0 saturated heterocycles. The van der Waals surface area contributed by atoms with Gasteiger partial charge in [-0.25, -0.2) is 4.79 Å². The number of carbonyl (C=O) groups is 1. The quantitative estimate of drug-likeness (QED) is 0.762. The zero-order chi connectivity index (χ0) is 15.4. The Hall–Kier alpha value is -2.34. The minimum Gasteiger partial charge on any atom is -0.508 e. The van der Waals surface area contributed by atoms with Crippen molar-refractivity contribution in [2.45, 2.75) is 11.8 Å². The average molecular weight is 304 g/mol. The summed E-state index contributed by atoms with van der Waals surface area (Å²) < 4.78 is 11.3. The third kappa shape index (κ3) is 4.06. The van der Waals surface area contributed by atoms with Crippen LogP contribution in [-0.4, -0.2) is 21.6 Å². The topological polar surface area (TPSA) is 78.4 Å². The SMILES string of the molecule is Cc1cc(O)ccc1NC(=O)Nc1ccc(S(C)=O)cc1. The number of nitrogens with one attached hydrogen (secondary N) is 2. The molecule has 6 heteroatoms. The van der Waals surface area contributed by atoms with E-state index in [1.165, 1.54) is 6.07 Å². The van der Waals surface area contributed by atoms with E-state index in [1.807, 2.05) is 0 Å². The van der Waals surface area contributed by atoms with Crippen molar-refractivity contribution < 1.29 is 14.1 Å². The Morgan fingerprint density at radius 3 is 2.33 bits per heavy atom. The molecule has 0 fully saturated rings. The van der Waals surface area contributed by atoms with Gasteiger partial charge in [-0.05, 0) is 55.0 Å². The summed E-state index contributed by atoms with van der Waals surface area (Å²) in [5, 5.41) is 14.7. The highest BCUT2D eigenvalue weighted by molar-refractivity contribution is 7.84. The predicted molar refractivity (Wildman–Crippen MR) is 84.3 cm³/mol. The Morgan fingerprint density at radius 2 is 1.76 bits per heavy atom. The van der Waals surface area contributed by atoms with Crippen LogP contribution in [0.2, 0.25) is 0 Å². The minimum atomic E-state index is -1.04. The van der Waals surface area contributed by atoms with Crippen LogP contribution in [0.4, 0.5) is 16.2 Å². The van der Waals surface area contributed by atoms with Gasteiger partial charge in [0.15, 0.2) is 0 Å². The number of urea groups is 1. The molecule has 0 spiro atoms. The van der Waals surface area contributed by atoms with Crippen molar-refractivity contribution in [2.24, 2.45) is 0 Å². The number of rotatable bonds is 3. The summed E-state index contributed by atoms with van der Waals surface area (Å²) >= 11 is 0. The molecule has 0 bridgehead atoms. The lowest BCUT2D eigenvalue weighted by Gasteiger charge is -2.10. The molecule has 0 saturated carbocycles. The Kier molecular flexibility index (Phi) is 4.59. The van der Waals surface area contributed by atoms with Crippen LogP contribution in [0.5, 0.6) is 5.75 Å². The second-order valence-corrected chi connectivity index (χ2v) is 5.94. The van der Waals surface area contributed by atoms with Crippen molar-refractivity contribution in [3.05, 3.63) is 48.0 Å². The molecule has 0 heterocycles. The molecule has 2 amide bonds. The number of hydrogen-bond donors (Lipinski definition) is 3. The number of anilines is 2. The maximum Gasteiger partial charge on any atom is 0.323 e. The summed E-state index contributed by atoms with van der Waals surface area (Å²) in [7, 11) is -1.04. The van der Waals surface area contributed by atoms with Gasteiger partial charge < -0.3 is 15.7 Å². The number of aromatic hydroxyl groups is 1. The van der Waals surface area contributed by atoms with E-state index in [-0.39, 0.29) is 11.8 Å². The molecule has 0 aliphatic rings. The van der Waals surface area contributed by atoms with Crippen molar-refractivity contribution in [3.63, 3.8) is 0 Å². The van der Waals surface area contributed by atoms with Gasteiger partial charge in [0.1, 0.15) is 5.75 Å². The molecule has 1 unspecified atom stereocenters. The lowest BCUT2D eigenvalue weighted by Crippen LogP contribution is -2.19. The van der Waals surface area contributed by atoms with Crippen LogP contribution < -0.4 is 10.6 Å². The van der Waals surface area contributed by atoms with Crippen molar-refractivity contribution in [1.82, 2.24) is 0 Å². The molecule has 110 valence electrons. The van der Waals surface area contributed by atoms with Gasteiger partial charge in [-0.15, -0.1) is 0 Å². The van der Waals surface area contributed by atoms with Crippen LogP contribution >= 0.6 is 0 Å². The largest absolute Gasteiger partial charge is 0.508 e. The summed E-state index contributed by atoms with van der Waals surface area (Å²) in [6.07, 6.45) is 1.60. The van der Waals surface area contributed by atoms with Crippen LogP contribution in [0.25, 0.3) is 0 Å². The summed E-state index contributed by atoms with van der Waals surface area (Å²) in [5.74, 6) is 0.154. The number of benzene rings is 2. The number of phenolic OH excluding ortho intramolecular Hbond substituents is 1. The minimum absolute atomic E-state index is 0.154. The zero-order valence-electron chi connectivity index (χ0n) is 11.7. The second-order valence-electron chi connectivity index (χ2n) is 4.56. The molecule has 0 radical (unpaired) electrons. The Labute approximate surface area is 125 Å². The van der Waals surface area contributed by atoms with Gasteiger partial charge in [0.2, 0.25) is 0 Å². The van der Waals surface area contributed by atoms with Crippen LogP contribution in [0.1, 0.15) is 5.56 Å². The zero-order valence-corrected chi connectivity index (χ0v) is 12.5. The average Bonchev–Trinajstić information content (AvgIpc) is 2.42. The molecular formula is C15H16N2O3S. The Balaban J connectivity index is 2.02. The van der Waals surface area contributed by atoms with E-state index in [1.54, 1.807) is 49.6 Å². The van der Waals surface area contributed by atoms with Crippen molar-refractivity contribution in [2.75, 3.05) is 16.9 Å². The fourth-order valence-electron chi connectivity index (χ4n) is 1.80. The van der Waals surface area contributed by atoms with Gasteiger partial charge in [0, 0.05) is 33.3 Å². The molecule has 2 aromatic carbocycles. The number of amides is 2. The van der Waals surface area contributed by atoms with E-state index in [4.69, 9.17) is 0 Å². The van der Waals surface area contributed by atoms with Crippen LogP contribution in [0.15, 0.2) is 47.4 Å². The monoisotopic (exact) mass is 304 g/mol. The molecular weight excluding hydrogens is 288 g/mol. The molecule has 3 N–H and O–H groups in total. The van der Waals surface area contributed by atoms with Crippen molar-refractivity contribution in [1.29, 1.82) is 0 Å². The Bertz CT molecular complexity index is 684. The lowest BCUT2D eigenvalue weighted by atomic mass is 10.2. The molecule has 0 aromatic heterocycles. The first-order chi connectivity index (χ1) is 9.95. The first-order valence-corrected chi connectivity index (χ1v) is 7.82. The summed E-state index contributed by atoms with van der Waals surface area (Å²) in [5.41, 5.74) is 2.00. The normalized spacial score (nSPS) is 11.7. The van der Waals surface area contributed by atoms with Crippen molar-refractivity contribution >= 4 is 28.2 Å². The highest BCUT2D eigenvalue weighted by Gasteiger charge is 2.06. The standard InChI is InChI=1S/C15H16N2O3S/c1-10-9-12(18)5-8-14(10)17-15(19)16-11-3-6-13(7-4-11)21(2)20/h3-9,18H,1-2H3,(H2,16,17,19). The first kappa shape index (κ1) is 15.1.